The number of carbonyl (C=O) groups excluding carboxylic acids is 1. The predicted octanol–water partition coefficient (Wildman–Crippen LogP) is 3.01. The molecule has 1 aliphatic rings. The van der Waals surface area contributed by atoms with Gasteiger partial charge in [-0.2, -0.15) is 0 Å². The van der Waals surface area contributed by atoms with Crippen LogP contribution in [0.5, 0.6) is 5.75 Å². The SMILES string of the molecule is NC(=O)c1c(Nc2ccc(I)cc2F)cc(F)cc1OCC1CNC1. The number of anilines is 2. The first kappa shape index (κ1) is 17.9. The highest BCUT2D eigenvalue weighted by atomic mass is 127. The monoisotopic (exact) mass is 459 g/mol. The van der Waals surface area contributed by atoms with Crippen molar-refractivity contribution in [3.05, 3.63) is 51.1 Å². The molecule has 25 heavy (non-hydrogen) atoms. The second-order valence-corrected chi connectivity index (χ2v) is 7.02. The molecule has 2 aromatic carbocycles. The summed E-state index contributed by atoms with van der Waals surface area (Å²) in [5.41, 5.74) is 5.62. The zero-order valence-electron chi connectivity index (χ0n) is 13.1. The van der Waals surface area contributed by atoms with Gasteiger partial charge < -0.3 is 21.1 Å². The van der Waals surface area contributed by atoms with Gasteiger partial charge in [-0.15, -0.1) is 0 Å². The van der Waals surface area contributed by atoms with E-state index in [0.717, 1.165) is 25.2 Å². The first-order valence-corrected chi connectivity index (χ1v) is 8.71. The van der Waals surface area contributed by atoms with E-state index in [9.17, 15) is 13.6 Å². The largest absolute Gasteiger partial charge is 0.492 e. The fourth-order valence-electron chi connectivity index (χ4n) is 2.46. The van der Waals surface area contributed by atoms with Crippen LogP contribution in [0.1, 0.15) is 10.4 Å². The van der Waals surface area contributed by atoms with Gasteiger partial charge in [0.2, 0.25) is 0 Å². The number of primary amides is 1. The number of hydrogen-bond acceptors (Lipinski definition) is 4. The highest BCUT2D eigenvalue weighted by molar-refractivity contribution is 14.1. The molecule has 0 saturated carbocycles. The van der Waals surface area contributed by atoms with Crippen LogP contribution in [0.15, 0.2) is 30.3 Å². The predicted molar refractivity (Wildman–Crippen MR) is 99.2 cm³/mol. The average Bonchev–Trinajstić information content (AvgIpc) is 2.47. The van der Waals surface area contributed by atoms with Gasteiger partial charge in [-0.3, -0.25) is 4.79 Å². The third kappa shape index (κ3) is 4.18. The summed E-state index contributed by atoms with van der Waals surface area (Å²) in [6, 6.07) is 6.73. The molecule has 4 N–H and O–H groups in total. The Bertz CT molecular complexity index is 813. The average molecular weight is 459 g/mol. The van der Waals surface area contributed by atoms with Crippen molar-refractivity contribution >= 4 is 39.9 Å². The first-order valence-electron chi connectivity index (χ1n) is 7.63. The first-order chi connectivity index (χ1) is 11.9. The molecule has 0 aliphatic carbocycles. The van der Waals surface area contributed by atoms with Gasteiger partial charge in [0, 0.05) is 28.6 Å². The third-order valence-electron chi connectivity index (χ3n) is 3.85. The number of nitrogens with one attached hydrogen (secondary N) is 2. The molecule has 0 radical (unpaired) electrons. The lowest BCUT2D eigenvalue weighted by atomic mass is 10.1. The molecule has 0 bridgehead atoms. The summed E-state index contributed by atoms with van der Waals surface area (Å²) in [6.07, 6.45) is 0. The van der Waals surface area contributed by atoms with E-state index >= 15 is 0 Å². The minimum absolute atomic E-state index is 0.00775. The number of carbonyl (C=O) groups is 1. The lowest BCUT2D eigenvalue weighted by molar-refractivity contribution is 0.0995. The Morgan fingerprint density at radius 1 is 1.28 bits per heavy atom. The molecule has 1 aliphatic heterocycles. The van der Waals surface area contributed by atoms with Crippen molar-refractivity contribution in [2.24, 2.45) is 11.7 Å². The van der Waals surface area contributed by atoms with Gasteiger partial charge in [0.05, 0.1) is 18.0 Å². The Labute approximate surface area is 157 Å². The summed E-state index contributed by atoms with van der Waals surface area (Å²) in [4.78, 5) is 11.9. The number of benzene rings is 2. The van der Waals surface area contributed by atoms with Gasteiger partial charge in [0.1, 0.15) is 22.9 Å². The number of ether oxygens (including phenoxy) is 1. The van der Waals surface area contributed by atoms with Gasteiger partial charge in [0.15, 0.2) is 0 Å². The van der Waals surface area contributed by atoms with Crippen LogP contribution in [0.4, 0.5) is 20.2 Å². The number of rotatable bonds is 6. The quantitative estimate of drug-likeness (QED) is 0.581. The van der Waals surface area contributed by atoms with Crippen LogP contribution in [0.3, 0.4) is 0 Å². The summed E-state index contributed by atoms with van der Waals surface area (Å²) in [5.74, 6) is -1.56. The van der Waals surface area contributed by atoms with Crippen LogP contribution in [0.25, 0.3) is 0 Å². The van der Waals surface area contributed by atoms with Crippen molar-refractivity contribution in [2.45, 2.75) is 0 Å². The maximum Gasteiger partial charge on any atom is 0.254 e. The van der Waals surface area contributed by atoms with E-state index in [2.05, 4.69) is 10.6 Å². The third-order valence-corrected chi connectivity index (χ3v) is 4.53. The van der Waals surface area contributed by atoms with E-state index in [-0.39, 0.29) is 22.7 Å². The second-order valence-electron chi connectivity index (χ2n) is 5.78. The van der Waals surface area contributed by atoms with E-state index in [0.29, 0.717) is 16.1 Å². The number of hydrogen-bond donors (Lipinski definition) is 3. The molecule has 3 rings (SSSR count). The van der Waals surface area contributed by atoms with E-state index in [1.54, 1.807) is 6.07 Å². The molecular weight excluding hydrogens is 443 g/mol. The van der Waals surface area contributed by atoms with Crippen molar-refractivity contribution in [3.63, 3.8) is 0 Å². The fraction of sp³-hybridized carbons (Fsp3) is 0.235. The van der Waals surface area contributed by atoms with Crippen LogP contribution < -0.4 is 21.1 Å². The molecule has 1 heterocycles. The Hall–Kier alpha value is -1.94. The highest BCUT2D eigenvalue weighted by Gasteiger charge is 2.22. The minimum Gasteiger partial charge on any atom is -0.492 e. The minimum atomic E-state index is -0.782. The molecule has 0 spiro atoms. The number of halogens is 3. The van der Waals surface area contributed by atoms with Crippen molar-refractivity contribution in [1.82, 2.24) is 5.32 Å². The fourth-order valence-corrected chi connectivity index (χ4v) is 2.91. The maximum absolute atomic E-state index is 14.1. The van der Waals surface area contributed by atoms with E-state index in [1.807, 2.05) is 22.6 Å². The summed E-state index contributed by atoms with van der Waals surface area (Å²) >= 11 is 1.98. The van der Waals surface area contributed by atoms with Gasteiger partial charge in [-0.1, -0.05) is 0 Å². The van der Waals surface area contributed by atoms with Crippen LogP contribution in [0.2, 0.25) is 0 Å². The van der Waals surface area contributed by atoms with E-state index < -0.39 is 17.5 Å². The molecule has 8 heteroatoms. The summed E-state index contributed by atoms with van der Waals surface area (Å²) in [6.45, 7) is 1.95. The topological polar surface area (TPSA) is 76.4 Å². The van der Waals surface area contributed by atoms with Crippen LogP contribution >= 0.6 is 22.6 Å². The zero-order valence-corrected chi connectivity index (χ0v) is 15.3. The summed E-state index contributed by atoms with van der Waals surface area (Å²) in [7, 11) is 0. The molecule has 0 unspecified atom stereocenters. The summed E-state index contributed by atoms with van der Waals surface area (Å²) in [5, 5.41) is 5.84. The molecule has 132 valence electrons. The van der Waals surface area contributed by atoms with Gasteiger partial charge >= 0.3 is 0 Å². The molecule has 5 nitrogen and oxygen atoms in total. The smallest absolute Gasteiger partial charge is 0.254 e. The van der Waals surface area contributed by atoms with Crippen molar-refractivity contribution < 1.29 is 18.3 Å². The molecule has 1 saturated heterocycles. The van der Waals surface area contributed by atoms with Crippen LogP contribution in [-0.2, 0) is 0 Å². The number of amides is 1. The normalized spacial score (nSPS) is 14.0. The second kappa shape index (κ2) is 7.52. The molecule has 2 aromatic rings. The van der Waals surface area contributed by atoms with Gasteiger partial charge in [0.25, 0.3) is 5.91 Å². The Morgan fingerprint density at radius 2 is 2.04 bits per heavy atom. The Kier molecular flexibility index (Phi) is 5.38. The molecule has 0 aromatic heterocycles. The van der Waals surface area contributed by atoms with Gasteiger partial charge in [-0.05, 0) is 46.9 Å². The van der Waals surface area contributed by atoms with Crippen LogP contribution in [-0.4, -0.2) is 25.6 Å². The van der Waals surface area contributed by atoms with E-state index in [4.69, 9.17) is 10.5 Å². The molecular formula is C17H16F2IN3O2. The summed E-state index contributed by atoms with van der Waals surface area (Å²) < 4.78 is 34.4. The molecule has 0 atom stereocenters. The Morgan fingerprint density at radius 3 is 2.64 bits per heavy atom. The standard InChI is InChI=1S/C17H16F2IN3O2/c18-10-3-14(23-13-2-1-11(20)5-12(13)19)16(17(21)24)15(4-10)25-8-9-6-22-7-9/h1-5,9,22-23H,6-8H2,(H2,21,24). The van der Waals surface area contributed by atoms with Crippen molar-refractivity contribution in [1.29, 1.82) is 0 Å². The van der Waals surface area contributed by atoms with Crippen molar-refractivity contribution in [3.8, 4) is 5.75 Å². The Balaban J connectivity index is 1.93. The molecule has 1 fully saturated rings. The highest BCUT2D eigenvalue weighted by Crippen LogP contribution is 2.32. The lowest BCUT2D eigenvalue weighted by Gasteiger charge is -2.27. The lowest BCUT2D eigenvalue weighted by Crippen LogP contribution is -2.45. The number of nitrogens with two attached hydrogens (primary N) is 1. The molecule has 1 amide bonds. The van der Waals surface area contributed by atoms with Crippen LogP contribution in [0, 0.1) is 21.1 Å². The van der Waals surface area contributed by atoms with Crippen molar-refractivity contribution in [2.75, 3.05) is 25.0 Å². The zero-order chi connectivity index (χ0) is 18.0. The van der Waals surface area contributed by atoms with E-state index in [1.165, 1.54) is 12.1 Å². The van der Waals surface area contributed by atoms with Gasteiger partial charge in [-0.25, -0.2) is 8.78 Å². The maximum atomic E-state index is 14.1.